The van der Waals surface area contributed by atoms with Crippen molar-refractivity contribution in [3.8, 4) is 0 Å². The highest BCUT2D eigenvalue weighted by molar-refractivity contribution is 5.94. The number of benzene rings is 1. The summed E-state index contributed by atoms with van der Waals surface area (Å²) in [6, 6.07) is 14.1. The van der Waals surface area contributed by atoms with Gasteiger partial charge in [0.25, 0.3) is 5.91 Å². The van der Waals surface area contributed by atoms with Crippen molar-refractivity contribution >= 4 is 17.8 Å². The first-order chi connectivity index (χ1) is 13.6. The molecule has 3 atom stereocenters. The number of carboxylic acid groups (broad SMARTS) is 1. The fourth-order valence-electron chi connectivity index (χ4n) is 4.40. The van der Waals surface area contributed by atoms with Crippen LogP contribution in [-0.4, -0.2) is 40.2 Å². The number of hydrogen-bond donors (Lipinski definition) is 3. The molecule has 1 aromatic heterocycles. The van der Waals surface area contributed by atoms with Gasteiger partial charge in [-0.25, -0.2) is 9.78 Å². The Morgan fingerprint density at radius 1 is 1.07 bits per heavy atom. The van der Waals surface area contributed by atoms with Crippen LogP contribution in [0.3, 0.4) is 0 Å². The molecule has 2 saturated heterocycles. The normalized spacial score (nSPS) is 23.3. The van der Waals surface area contributed by atoms with Crippen molar-refractivity contribution in [1.29, 1.82) is 0 Å². The van der Waals surface area contributed by atoms with Crippen LogP contribution in [0.1, 0.15) is 41.6 Å². The molecule has 7 heteroatoms. The molecule has 2 amide bonds. The molecule has 28 heavy (non-hydrogen) atoms. The van der Waals surface area contributed by atoms with Crippen LogP contribution in [0.2, 0.25) is 0 Å². The summed E-state index contributed by atoms with van der Waals surface area (Å²) in [6.45, 7) is 0.482. The van der Waals surface area contributed by atoms with Crippen LogP contribution in [0.5, 0.6) is 0 Å². The maximum absolute atomic E-state index is 12.4. The van der Waals surface area contributed by atoms with Gasteiger partial charge in [-0.05, 0) is 43.4 Å². The van der Waals surface area contributed by atoms with Crippen molar-refractivity contribution in [3.63, 3.8) is 0 Å². The van der Waals surface area contributed by atoms with E-state index in [1.807, 2.05) is 42.5 Å². The highest BCUT2D eigenvalue weighted by Gasteiger charge is 2.41. The van der Waals surface area contributed by atoms with Gasteiger partial charge in [-0.1, -0.05) is 30.3 Å². The van der Waals surface area contributed by atoms with E-state index < -0.39 is 6.09 Å². The summed E-state index contributed by atoms with van der Waals surface area (Å²) >= 11 is 0. The zero-order valence-electron chi connectivity index (χ0n) is 15.5. The average molecular weight is 380 g/mol. The number of aromatic nitrogens is 1. The molecular weight excluding hydrogens is 356 g/mol. The molecule has 1 aromatic carbocycles. The minimum absolute atomic E-state index is 0.00860. The average Bonchev–Trinajstić information content (AvgIpc) is 2.97. The quantitative estimate of drug-likeness (QED) is 0.741. The summed E-state index contributed by atoms with van der Waals surface area (Å²) in [5.74, 6) is 0.719. The Morgan fingerprint density at radius 3 is 2.39 bits per heavy atom. The predicted octanol–water partition coefficient (Wildman–Crippen LogP) is 2.78. The third-order valence-corrected chi connectivity index (χ3v) is 5.63. The number of rotatable bonds is 5. The van der Waals surface area contributed by atoms with Crippen LogP contribution in [0, 0.1) is 0 Å². The highest BCUT2D eigenvalue weighted by Crippen LogP contribution is 2.38. The smallest absolute Gasteiger partial charge is 0.404 e. The van der Waals surface area contributed by atoms with Gasteiger partial charge in [0.15, 0.2) is 0 Å². The SMILES string of the molecule is O=C(O)NC1C[C@H]2CC[C@@H](C1)N2c1ccc(C(=O)NCc2ccccc2)cn1. The summed E-state index contributed by atoms with van der Waals surface area (Å²) in [7, 11) is 0. The second-order valence-corrected chi connectivity index (χ2v) is 7.48. The van der Waals surface area contributed by atoms with Crippen molar-refractivity contribution in [1.82, 2.24) is 15.6 Å². The molecule has 2 aromatic rings. The lowest BCUT2D eigenvalue weighted by Gasteiger charge is -2.39. The minimum Gasteiger partial charge on any atom is -0.465 e. The van der Waals surface area contributed by atoms with Crippen molar-refractivity contribution < 1.29 is 14.7 Å². The van der Waals surface area contributed by atoms with Gasteiger partial charge in [0.1, 0.15) is 5.82 Å². The Kier molecular flexibility index (Phi) is 5.14. The number of hydrogen-bond acceptors (Lipinski definition) is 4. The number of amides is 2. The van der Waals surface area contributed by atoms with Gasteiger partial charge in [-0.3, -0.25) is 4.79 Å². The molecular formula is C21H24N4O3. The first-order valence-corrected chi connectivity index (χ1v) is 9.66. The molecule has 2 aliphatic heterocycles. The molecule has 2 fully saturated rings. The van der Waals surface area contributed by atoms with Crippen LogP contribution >= 0.6 is 0 Å². The number of pyridine rings is 1. The second-order valence-electron chi connectivity index (χ2n) is 7.48. The number of carbonyl (C=O) groups excluding carboxylic acids is 1. The van der Waals surface area contributed by atoms with E-state index in [2.05, 4.69) is 20.5 Å². The van der Waals surface area contributed by atoms with Crippen molar-refractivity contribution in [2.75, 3.05) is 4.90 Å². The highest BCUT2D eigenvalue weighted by atomic mass is 16.4. The number of nitrogens with zero attached hydrogens (tertiary/aromatic N) is 2. The van der Waals surface area contributed by atoms with Gasteiger partial charge in [0, 0.05) is 30.9 Å². The summed E-state index contributed by atoms with van der Waals surface area (Å²) in [6.07, 6.45) is 4.35. The van der Waals surface area contributed by atoms with E-state index in [0.717, 1.165) is 37.1 Å². The Bertz CT molecular complexity index is 826. The van der Waals surface area contributed by atoms with Gasteiger partial charge in [-0.15, -0.1) is 0 Å². The van der Waals surface area contributed by atoms with Crippen LogP contribution in [0.4, 0.5) is 10.6 Å². The van der Waals surface area contributed by atoms with Gasteiger partial charge in [0.2, 0.25) is 0 Å². The number of piperidine rings is 1. The predicted molar refractivity (Wildman–Crippen MR) is 105 cm³/mol. The van der Waals surface area contributed by atoms with E-state index in [9.17, 15) is 9.59 Å². The van der Waals surface area contributed by atoms with Gasteiger partial charge >= 0.3 is 6.09 Å². The first-order valence-electron chi connectivity index (χ1n) is 9.66. The lowest BCUT2D eigenvalue weighted by molar-refractivity contribution is 0.0950. The number of anilines is 1. The molecule has 0 saturated carbocycles. The lowest BCUT2D eigenvalue weighted by atomic mass is 9.97. The largest absolute Gasteiger partial charge is 0.465 e. The van der Waals surface area contributed by atoms with E-state index >= 15 is 0 Å². The van der Waals surface area contributed by atoms with Crippen LogP contribution in [0.15, 0.2) is 48.7 Å². The molecule has 2 bridgehead atoms. The first kappa shape index (κ1) is 18.3. The standard InChI is InChI=1S/C21H24N4O3/c26-20(23-12-14-4-2-1-3-5-14)15-6-9-19(22-13-15)25-17-7-8-18(25)11-16(10-17)24-21(27)28/h1-6,9,13,16-18,24H,7-8,10-12H2,(H,23,26)(H,27,28)/t16?,17-,18+. The number of nitrogens with one attached hydrogen (secondary N) is 2. The van der Waals surface area contributed by atoms with E-state index in [-0.39, 0.29) is 11.9 Å². The van der Waals surface area contributed by atoms with Crippen LogP contribution in [0.25, 0.3) is 0 Å². The Hall–Kier alpha value is -3.09. The van der Waals surface area contributed by atoms with E-state index in [0.29, 0.717) is 24.2 Å². The summed E-state index contributed by atoms with van der Waals surface area (Å²) in [5.41, 5.74) is 1.59. The summed E-state index contributed by atoms with van der Waals surface area (Å²) in [4.78, 5) is 30.1. The fourth-order valence-corrected chi connectivity index (χ4v) is 4.40. The molecule has 1 unspecified atom stereocenters. The van der Waals surface area contributed by atoms with Crippen molar-refractivity contribution in [3.05, 3.63) is 59.8 Å². The second kappa shape index (κ2) is 7.88. The third kappa shape index (κ3) is 3.93. The number of fused-ring (bicyclic) bond motifs is 2. The Balaban J connectivity index is 1.38. The van der Waals surface area contributed by atoms with Crippen molar-refractivity contribution in [2.45, 2.75) is 50.4 Å². The van der Waals surface area contributed by atoms with E-state index in [1.54, 1.807) is 6.20 Å². The topological polar surface area (TPSA) is 94.6 Å². The molecule has 4 rings (SSSR count). The molecule has 3 N–H and O–H groups in total. The maximum atomic E-state index is 12.4. The molecule has 7 nitrogen and oxygen atoms in total. The maximum Gasteiger partial charge on any atom is 0.404 e. The Morgan fingerprint density at radius 2 is 1.79 bits per heavy atom. The Labute approximate surface area is 163 Å². The van der Waals surface area contributed by atoms with Crippen LogP contribution in [-0.2, 0) is 6.54 Å². The molecule has 0 radical (unpaired) electrons. The van der Waals surface area contributed by atoms with Gasteiger partial charge in [-0.2, -0.15) is 0 Å². The molecule has 3 heterocycles. The summed E-state index contributed by atoms with van der Waals surface area (Å²) in [5, 5.41) is 14.5. The van der Waals surface area contributed by atoms with Gasteiger partial charge in [0.05, 0.1) is 5.56 Å². The molecule has 146 valence electrons. The van der Waals surface area contributed by atoms with Gasteiger partial charge < -0.3 is 20.6 Å². The summed E-state index contributed by atoms with van der Waals surface area (Å²) < 4.78 is 0. The molecule has 0 aliphatic carbocycles. The zero-order valence-corrected chi connectivity index (χ0v) is 15.5. The third-order valence-electron chi connectivity index (χ3n) is 5.63. The molecule has 0 spiro atoms. The molecule has 2 aliphatic rings. The zero-order chi connectivity index (χ0) is 19.5. The van der Waals surface area contributed by atoms with Crippen molar-refractivity contribution in [2.24, 2.45) is 0 Å². The minimum atomic E-state index is -0.957. The number of carbonyl (C=O) groups is 2. The van der Waals surface area contributed by atoms with E-state index in [1.165, 1.54) is 0 Å². The fraction of sp³-hybridized carbons (Fsp3) is 0.381. The van der Waals surface area contributed by atoms with Crippen LogP contribution < -0.4 is 15.5 Å². The lowest BCUT2D eigenvalue weighted by Crippen LogP contribution is -2.50. The van der Waals surface area contributed by atoms with E-state index in [4.69, 9.17) is 5.11 Å². The monoisotopic (exact) mass is 380 g/mol.